The van der Waals surface area contributed by atoms with Crippen LogP contribution in [0.1, 0.15) is 38.2 Å². The third-order valence-electron chi connectivity index (χ3n) is 4.90. The Kier molecular flexibility index (Phi) is 4.67. The highest BCUT2D eigenvalue weighted by Gasteiger charge is 2.44. The molecule has 0 bridgehead atoms. The lowest BCUT2D eigenvalue weighted by Gasteiger charge is -2.21. The minimum atomic E-state index is 0.0605. The Hall–Kier alpha value is -1.87. The summed E-state index contributed by atoms with van der Waals surface area (Å²) in [4.78, 5) is 12.4. The molecule has 0 radical (unpaired) electrons. The van der Waals surface area contributed by atoms with Gasteiger partial charge in [-0.2, -0.15) is 0 Å². The molecular weight excluding hydrogens is 286 g/mol. The van der Waals surface area contributed by atoms with Gasteiger partial charge >= 0.3 is 0 Å². The molecular formula is C20H25NO2. The first-order chi connectivity index (χ1) is 11.1. The molecule has 3 unspecified atom stereocenters. The fraction of sp³-hybridized carbons (Fsp3) is 0.450. The minimum Gasteiger partial charge on any atom is -0.396 e. The molecule has 0 aromatic heterocycles. The predicted molar refractivity (Wildman–Crippen MR) is 93.3 cm³/mol. The number of nitrogens with one attached hydrogen (secondary N) is 1. The summed E-state index contributed by atoms with van der Waals surface area (Å²) in [7, 11) is 0. The quantitative estimate of drug-likeness (QED) is 0.858. The van der Waals surface area contributed by atoms with Crippen LogP contribution in [0.3, 0.4) is 0 Å². The Labute approximate surface area is 137 Å². The van der Waals surface area contributed by atoms with E-state index in [1.165, 1.54) is 16.3 Å². The average Bonchev–Trinajstić information content (AvgIpc) is 3.34. The number of benzene rings is 2. The second-order valence-corrected chi connectivity index (χ2v) is 6.93. The van der Waals surface area contributed by atoms with Crippen LogP contribution in [0.2, 0.25) is 0 Å². The predicted octanol–water partition coefficient (Wildman–Crippen LogP) is 3.47. The molecule has 1 amide bonds. The maximum Gasteiger partial charge on any atom is 0.223 e. The van der Waals surface area contributed by atoms with Crippen molar-refractivity contribution in [2.24, 2.45) is 11.8 Å². The Morgan fingerprint density at radius 2 is 1.96 bits per heavy atom. The molecule has 2 aromatic rings. The van der Waals surface area contributed by atoms with Crippen LogP contribution in [0.25, 0.3) is 10.8 Å². The van der Waals surface area contributed by atoms with Crippen LogP contribution in [-0.4, -0.2) is 23.7 Å². The van der Waals surface area contributed by atoms with Gasteiger partial charge in [-0.15, -0.1) is 0 Å². The number of fused-ring (bicyclic) bond motifs is 1. The molecule has 0 aliphatic heterocycles. The fourth-order valence-electron chi connectivity index (χ4n) is 3.29. The van der Waals surface area contributed by atoms with Crippen molar-refractivity contribution in [3.63, 3.8) is 0 Å². The first-order valence-corrected chi connectivity index (χ1v) is 8.50. The van der Waals surface area contributed by atoms with Crippen LogP contribution in [-0.2, 0) is 4.79 Å². The normalized spacial score (nSPS) is 21.4. The van der Waals surface area contributed by atoms with Gasteiger partial charge in [0.05, 0.1) is 0 Å². The van der Waals surface area contributed by atoms with Gasteiger partial charge in [-0.25, -0.2) is 0 Å². The van der Waals surface area contributed by atoms with Crippen molar-refractivity contribution in [2.45, 2.75) is 38.6 Å². The van der Waals surface area contributed by atoms with E-state index < -0.39 is 0 Å². The molecule has 1 aliphatic rings. The first-order valence-electron chi connectivity index (χ1n) is 8.50. The summed E-state index contributed by atoms with van der Waals surface area (Å²) in [6, 6.07) is 14.9. The zero-order valence-electron chi connectivity index (χ0n) is 13.8. The van der Waals surface area contributed by atoms with Crippen molar-refractivity contribution in [3.05, 3.63) is 48.0 Å². The Bertz CT molecular complexity index is 695. The average molecular weight is 311 g/mol. The maximum atomic E-state index is 12.4. The Morgan fingerprint density at radius 3 is 2.65 bits per heavy atom. The lowest BCUT2D eigenvalue weighted by Crippen LogP contribution is -2.40. The summed E-state index contributed by atoms with van der Waals surface area (Å²) in [5.74, 6) is 0.886. The summed E-state index contributed by atoms with van der Waals surface area (Å²) in [6.45, 7) is 4.27. The third kappa shape index (κ3) is 3.56. The number of aliphatic hydroxyl groups excluding tert-OH is 1. The summed E-state index contributed by atoms with van der Waals surface area (Å²) < 4.78 is 0. The SMILES string of the molecule is CC(C)C(CCO)NC(=O)C1CC1c1ccc2ccccc2c1. The number of amides is 1. The smallest absolute Gasteiger partial charge is 0.223 e. The van der Waals surface area contributed by atoms with E-state index in [-0.39, 0.29) is 24.5 Å². The minimum absolute atomic E-state index is 0.0605. The highest BCUT2D eigenvalue weighted by Crippen LogP contribution is 2.48. The van der Waals surface area contributed by atoms with Crippen LogP contribution in [0, 0.1) is 11.8 Å². The van der Waals surface area contributed by atoms with E-state index in [1.807, 2.05) is 12.1 Å². The number of rotatable bonds is 6. The van der Waals surface area contributed by atoms with E-state index in [2.05, 4.69) is 49.5 Å². The second kappa shape index (κ2) is 6.71. The molecule has 1 saturated carbocycles. The van der Waals surface area contributed by atoms with Crippen molar-refractivity contribution in [1.29, 1.82) is 0 Å². The lowest BCUT2D eigenvalue weighted by atomic mass is 10.0. The van der Waals surface area contributed by atoms with Gasteiger partial charge in [0.1, 0.15) is 0 Å². The van der Waals surface area contributed by atoms with Crippen LogP contribution in [0.4, 0.5) is 0 Å². The zero-order valence-corrected chi connectivity index (χ0v) is 13.8. The van der Waals surface area contributed by atoms with Crippen LogP contribution in [0.15, 0.2) is 42.5 Å². The van der Waals surface area contributed by atoms with E-state index in [4.69, 9.17) is 5.11 Å². The highest BCUT2D eigenvalue weighted by molar-refractivity contribution is 5.86. The maximum absolute atomic E-state index is 12.4. The molecule has 2 N–H and O–H groups in total. The number of aliphatic hydroxyl groups is 1. The largest absolute Gasteiger partial charge is 0.396 e. The molecule has 23 heavy (non-hydrogen) atoms. The van der Waals surface area contributed by atoms with E-state index in [9.17, 15) is 4.79 Å². The molecule has 3 nitrogen and oxygen atoms in total. The molecule has 122 valence electrons. The molecule has 3 atom stereocenters. The van der Waals surface area contributed by atoms with Crippen molar-refractivity contribution in [3.8, 4) is 0 Å². The van der Waals surface area contributed by atoms with Crippen molar-refractivity contribution in [1.82, 2.24) is 5.32 Å². The molecule has 3 rings (SSSR count). The van der Waals surface area contributed by atoms with Gasteiger partial charge in [0.15, 0.2) is 0 Å². The molecule has 0 saturated heterocycles. The van der Waals surface area contributed by atoms with Gasteiger partial charge in [-0.1, -0.05) is 56.3 Å². The third-order valence-corrected chi connectivity index (χ3v) is 4.90. The van der Waals surface area contributed by atoms with Gasteiger partial charge in [0.2, 0.25) is 5.91 Å². The van der Waals surface area contributed by atoms with Crippen molar-refractivity contribution >= 4 is 16.7 Å². The molecule has 3 heteroatoms. The van der Waals surface area contributed by atoms with Crippen LogP contribution >= 0.6 is 0 Å². The molecule has 2 aromatic carbocycles. The molecule has 0 spiro atoms. The summed E-state index contributed by atoms with van der Waals surface area (Å²) >= 11 is 0. The highest BCUT2D eigenvalue weighted by atomic mass is 16.3. The first kappa shape index (κ1) is 16.0. The summed E-state index contributed by atoms with van der Waals surface area (Å²) in [5.41, 5.74) is 1.26. The van der Waals surface area contributed by atoms with Crippen LogP contribution in [0.5, 0.6) is 0 Å². The standard InChI is InChI=1S/C20H25NO2/c1-13(2)19(9-10-22)21-20(23)18-12-17(18)16-8-7-14-5-3-4-6-15(14)11-16/h3-8,11,13,17-19,22H,9-10,12H2,1-2H3,(H,21,23). The second-order valence-electron chi connectivity index (χ2n) is 6.93. The zero-order chi connectivity index (χ0) is 16.4. The van der Waals surface area contributed by atoms with Gasteiger partial charge in [-0.3, -0.25) is 4.79 Å². The number of carbonyl (C=O) groups is 1. The molecule has 1 aliphatic carbocycles. The molecule has 1 fully saturated rings. The monoisotopic (exact) mass is 311 g/mol. The van der Waals surface area contributed by atoms with E-state index in [1.54, 1.807) is 0 Å². The lowest BCUT2D eigenvalue weighted by molar-refractivity contribution is -0.123. The fourth-order valence-corrected chi connectivity index (χ4v) is 3.29. The van der Waals surface area contributed by atoms with Crippen molar-refractivity contribution < 1.29 is 9.90 Å². The van der Waals surface area contributed by atoms with Gasteiger partial charge < -0.3 is 10.4 Å². The van der Waals surface area contributed by atoms with Gasteiger partial charge in [0, 0.05) is 18.6 Å². The van der Waals surface area contributed by atoms with E-state index >= 15 is 0 Å². The van der Waals surface area contributed by atoms with E-state index in [0.717, 1.165) is 6.42 Å². The Morgan fingerprint density at radius 1 is 1.22 bits per heavy atom. The van der Waals surface area contributed by atoms with Crippen molar-refractivity contribution in [2.75, 3.05) is 6.61 Å². The number of hydrogen-bond donors (Lipinski definition) is 2. The summed E-state index contributed by atoms with van der Waals surface area (Å²) in [5, 5.41) is 14.7. The number of hydrogen-bond acceptors (Lipinski definition) is 2. The van der Waals surface area contributed by atoms with Gasteiger partial charge in [0.25, 0.3) is 0 Å². The Balaban J connectivity index is 1.66. The van der Waals surface area contributed by atoms with E-state index in [0.29, 0.717) is 18.3 Å². The molecule has 0 heterocycles. The summed E-state index contributed by atoms with van der Waals surface area (Å²) in [6.07, 6.45) is 1.55. The van der Waals surface area contributed by atoms with Gasteiger partial charge in [-0.05, 0) is 41.0 Å². The topological polar surface area (TPSA) is 49.3 Å². The number of carbonyl (C=O) groups excluding carboxylic acids is 1. The van der Waals surface area contributed by atoms with Crippen LogP contribution < -0.4 is 5.32 Å².